The van der Waals surface area contributed by atoms with Crippen molar-refractivity contribution in [3.63, 3.8) is 0 Å². The first-order valence-electron chi connectivity index (χ1n) is 5.05. The van der Waals surface area contributed by atoms with Gasteiger partial charge >= 0.3 is 0 Å². The fraction of sp³-hybridized carbons (Fsp3) is 0.667. The van der Waals surface area contributed by atoms with E-state index in [0.717, 1.165) is 25.9 Å². The van der Waals surface area contributed by atoms with Crippen molar-refractivity contribution < 1.29 is 4.79 Å². The van der Waals surface area contributed by atoms with Crippen molar-refractivity contribution in [2.24, 2.45) is 0 Å². The average molecular weight is 263 g/mol. The molecule has 1 fully saturated rings. The largest absolute Gasteiger partial charge is 0.336 e. The summed E-state index contributed by atoms with van der Waals surface area (Å²) in [5.74, 6) is 0.00343. The van der Waals surface area contributed by atoms with Crippen LogP contribution in [-0.4, -0.2) is 46.6 Å². The van der Waals surface area contributed by atoms with Gasteiger partial charge in [0.25, 0.3) is 5.91 Å². The topological polar surface area (TPSA) is 58.1 Å². The second-order valence-corrected chi connectivity index (χ2v) is 4.28. The van der Waals surface area contributed by atoms with Crippen LogP contribution in [0, 0.1) is 0 Å². The monoisotopic (exact) mass is 262 g/mol. The maximum Gasteiger partial charge on any atom is 0.275 e. The number of halogens is 1. The first-order chi connectivity index (χ1) is 7.31. The lowest BCUT2D eigenvalue weighted by Gasteiger charge is -2.31. The van der Waals surface area contributed by atoms with E-state index >= 15 is 0 Å². The Bertz CT molecular complexity index is 332. The Morgan fingerprint density at radius 2 is 2.50 bits per heavy atom. The van der Waals surface area contributed by atoms with Crippen molar-refractivity contribution >= 4 is 29.8 Å². The Balaban J connectivity index is 0.00000128. The summed E-state index contributed by atoms with van der Waals surface area (Å²) in [6.07, 6.45) is 2.18. The molecule has 0 aliphatic carbocycles. The summed E-state index contributed by atoms with van der Waals surface area (Å²) >= 11 is 1.21. The molecule has 16 heavy (non-hydrogen) atoms. The second-order valence-electron chi connectivity index (χ2n) is 3.67. The van der Waals surface area contributed by atoms with Crippen LogP contribution in [0.3, 0.4) is 0 Å². The molecule has 1 atom stereocenters. The van der Waals surface area contributed by atoms with Crippen molar-refractivity contribution in [2.75, 3.05) is 20.1 Å². The predicted molar refractivity (Wildman–Crippen MR) is 65.1 cm³/mol. The lowest BCUT2D eigenvalue weighted by molar-refractivity contribution is 0.0692. The van der Waals surface area contributed by atoms with Crippen LogP contribution in [0.25, 0.3) is 0 Å². The molecule has 0 radical (unpaired) electrons. The number of amides is 1. The van der Waals surface area contributed by atoms with Gasteiger partial charge in [-0.25, -0.2) is 0 Å². The quantitative estimate of drug-likeness (QED) is 0.856. The van der Waals surface area contributed by atoms with Gasteiger partial charge in [0.15, 0.2) is 5.69 Å². The minimum absolute atomic E-state index is 0. The molecule has 0 spiro atoms. The van der Waals surface area contributed by atoms with Crippen LogP contribution < -0.4 is 5.32 Å². The molecule has 1 aromatic rings. The van der Waals surface area contributed by atoms with Crippen LogP contribution in [0.2, 0.25) is 0 Å². The zero-order valence-electron chi connectivity index (χ0n) is 9.05. The predicted octanol–water partition coefficient (Wildman–Crippen LogP) is 0.784. The minimum atomic E-state index is 0. The maximum absolute atomic E-state index is 11.9. The van der Waals surface area contributed by atoms with E-state index in [1.165, 1.54) is 11.5 Å². The van der Waals surface area contributed by atoms with Gasteiger partial charge in [-0.1, -0.05) is 4.49 Å². The molecule has 2 heterocycles. The summed E-state index contributed by atoms with van der Waals surface area (Å²) in [6.45, 7) is 1.60. The highest BCUT2D eigenvalue weighted by atomic mass is 35.5. The minimum Gasteiger partial charge on any atom is -0.336 e. The van der Waals surface area contributed by atoms with Gasteiger partial charge in [-0.2, -0.15) is 0 Å². The highest BCUT2D eigenvalue weighted by molar-refractivity contribution is 7.03. The number of aromatic nitrogens is 2. The van der Waals surface area contributed by atoms with Gasteiger partial charge in [0.1, 0.15) is 0 Å². The van der Waals surface area contributed by atoms with Gasteiger partial charge in [0.2, 0.25) is 0 Å². The number of nitrogens with zero attached hydrogens (tertiary/aromatic N) is 3. The van der Waals surface area contributed by atoms with Crippen LogP contribution in [0.5, 0.6) is 0 Å². The van der Waals surface area contributed by atoms with E-state index in [0.29, 0.717) is 11.7 Å². The van der Waals surface area contributed by atoms with Gasteiger partial charge in [-0.3, -0.25) is 4.79 Å². The molecule has 1 unspecified atom stereocenters. The third-order valence-electron chi connectivity index (χ3n) is 2.70. The number of hydrogen-bond acceptors (Lipinski definition) is 5. The molecule has 90 valence electrons. The number of carbonyl (C=O) groups excluding carboxylic acids is 1. The lowest BCUT2D eigenvalue weighted by atomic mass is 10.1. The summed E-state index contributed by atoms with van der Waals surface area (Å²) in [5.41, 5.74) is 0.469. The van der Waals surface area contributed by atoms with E-state index in [4.69, 9.17) is 0 Å². The van der Waals surface area contributed by atoms with E-state index in [1.807, 2.05) is 11.9 Å². The van der Waals surface area contributed by atoms with Gasteiger partial charge in [-0.05, 0) is 31.4 Å². The zero-order valence-corrected chi connectivity index (χ0v) is 10.7. The average Bonchev–Trinajstić information content (AvgIpc) is 2.81. The van der Waals surface area contributed by atoms with Crippen molar-refractivity contribution in [2.45, 2.75) is 18.9 Å². The number of nitrogens with one attached hydrogen (secondary N) is 1. The van der Waals surface area contributed by atoms with E-state index < -0.39 is 0 Å². The normalized spacial score (nSPS) is 20.3. The van der Waals surface area contributed by atoms with E-state index in [9.17, 15) is 4.79 Å². The Hall–Kier alpha value is -0.720. The smallest absolute Gasteiger partial charge is 0.275 e. The van der Waals surface area contributed by atoms with E-state index in [-0.39, 0.29) is 18.3 Å². The van der Waals surface area contributed by atoms with Gasteiger partial charge in [-0.15, -0.1) is 17.5 Å². The van der Waals surface area contributed by atoms with Crippen molar-refractivity contribution in [3.05, 3.63) is 11.1 Å². The molecule has 1 aromatic heterocycles. The molecular formula is C9H15ClN4OS. The summed E-state index contributed by atoms with van der Waals surface area (Å²) in [5, 5.41) is 8.71. The van der Waals surface area contributed by atoms with Gasteiger partial charge in [0, 0.05) is 24.5 Å². The number of hydrogen-bond donors (Lipinski definition) is 1. The fourth-order valence-corrected chi connectivity index (χ4v) is 2.25. The molecule has 1 N–H and O–H groups in total. The number of likely N-dealkylation sites (tertiary alicyclic amines) is 1. The highest BCUT2D eigenvalue weighted by Crippen LogP contribution is 2.12. The molecule has 2 rings (SSSR count). The standard InChI is InChI=1S/C9H14N4OS.ClH/c1-10-7-3-2-4-13(5-7)9(14)8-6-15-12-11-8;/h6-7,10H,2-5H2,1H3;1H. The van der Waals surface area contributed by atoms with Crippen molar-refractivity contribution in [1.82, 2.24) is 19.8 Å². The summed E-state index contributed by atoms with van der Waals surface area (Å²) in [4.78, 5) is 13.8. The second kappa shape index (κ2) is 6.12. The zero-order chi connectivity index (χ0) is 10.7. The van der Waals surface area contributed by atoms with E-state index in [1.54, 1.807) is 5.38 Å². The lowest BCUT2D eigenvalue weighted by Crippen LogP contribution is -2.47. The molecule has 1 aliphatic heterocycles. The first-order valence-corrected chi connectivity index (χ1v) is 5.88. The Morgan fingerprint density at radius 3 is 3.12 bits per heavy atom. The summed E-state index contributed by atoms with van der Waals surface area (Å²) in [6, 6.07) is 0.411. The van der Waals surface area contributed by atoms with Gasteiger partial charge in [0.05, 0.1) is 0 Å². The highest BCUT2D eigenvalue weighted by Gasteiger charge is 2.24. The molecule has 1 aliphatic rings. The molecule has 1 amide bonds. The van der Waals surface area contributed by atoms with Crippen LogP contribution in [-0.2, 0) is 0 Å². The van der Waals surface area contributed by atoms with Crippen LogP contribution >= 0.6 is 23.9 Å². The van der Waals surface area contributed by atoms with Crippen LogP contribution in [0.15, 0.2) is 5.38 Å². The SMILES string of the molecule is CNC1CCCN(C(=O)c2csnn2)C1.Cl. The molecule has 1 saturated heterocycles. The summed E-state index contributed by atoms with van der Waals surface area (Å²) < 4.78 is 3.71. The molecule has 7 heteroatoms. The Kier molecular flexibility index (Phi) is 5.11. The first kappa shape index (κ1) is 13.3. The van der Waals surface area contributed by atoms with Gasteiger partial charge < -0.3 is 10.2 Å². The fourth-order valence-electron chi connectivity index (χ4n) is 1.82. The number of carbonyl (C=O) groups is 1. The molecule has 0 aromatic carbocycles. The third kappa shape index (κ3) is 2.90. The molecule has 0 saturated carbocycles. The maximum atomic E-state index is 11.9. The van der Waals surface area contributed by atoms with E-state index in [2.05, 4.69) is 14.9 Å². The van der Waals surface area contributed by atoms with Crippen LogP contribution in [0.4, 0.5) is 0 Å². The Morgan fingerprint density at radius 1 is 1.69 bits per heavy atom. The number of likely N-dealkylation sites (N-methyl/N-ethyl adjacent to an activating group) is 1. The van der Waals surface area contributed by atoms with Crippen LogP contribution in [0.1, 0.15) is 23.3 Å². The Labute approximate surface area is 105 Å². The van der Waals surface area contributed by atoms with Crippen molar-refractivity contribution in [3.8, 4) is 0 Å². The molecule has 0 bridgehead atoms. The number of piperidine rings is 1. The third-order valence-corrected chi connectivity index (χ3v) is 3.20. The molecular weight excluding hydrogens is 248 g/mol. The summed E-state index contributed by atoms with van der Waals surface area (Å²) in [7, 11) is 1.93. The molecule has 5 nitrogen and oxygen atoms in total. The number of rotatable bonds is 2. The van der Waals surface area contributed by atoms with Crippen molar-refractivity contribution in [1.29, 1.82) is 0 Å².